The number of carbonyl (C=O) groups is 2. The maximum absolute atomic E-state index is 12.5. The predicted octanol–water partition coefficient (Wildman–Crippen LogP) is 4.31. The van der Waals surface area contributed by atoms with Crippen LogP contribution in [-0.2, 0) is 15.0 Å². The van der Waals surface area contributed by atoms with Crippen LogP contribution in [0.4, 0.5) is 11.4 Å². The van der Waals surface area contributed by atoms with Gasteiger partial charge in [-0.1, -0.05) is 44.5 Å². The molecule has 6 heteroatoms. The standard InChI is InChI=1S/C21H23ClN2O3/c1-13-5-7-16(15(22)9-13)23-19(25)11-24-17-8-6-14(21(2,3)4)10-18(17)27-12-20(24)26/h5-10H,11-12H2,1-4H3,(H,23,25). The van der Waals surface area contributed by atoms with Gasteiger partial charge in [0.15, 0.2) is 6.61 Å². The SMILES string of the molecule is Cc1ccc(NC(=O)CN2C(=O)COc3cc(C(C)(C)C)ccc32)c(Cl)c1. The zero-order chi connectivity index (χ0) is 19.8. The Labute approximate surface area is 164 Å². The Morgan fingerprint density at radius 3 is 2.63 bits per heavy atom. The molecule has 0 aliphatic carbocycles. The number of aryl methyl sites for hydroxylation is 1. The van der Waals surface area contributed by atoms with Crippen LogP contribution in [0.1, 0.15) is 31.9 Å². The van der Waals surface area contributed by atoms with Crippen LogP contribution in [0.15, 0.2) is 36.4 Å². The Bertz CT molecular complexity index is 903. The molecule has 1 heterocycles. The Morgan fingerprint density at radius 2 is 1.96 bits per heavy atom. The van der Waals surface area contributed by atoms with Crippen LogP contribution in [0.25, 0.3) is 0 Å². The number of hydrogen-bond donors (Lipinski definition) is 1. The lowest BCUT2D eigenvalue weighted by Crippen LogP contribution is -2.43. The van der Waals surface area contributed by atoms with E-state index in [1.54, 1.807) is 12.1 Å². The van der Waals surface area contributed by atoms with Crippen molar-refractivity contribution in [2.75, 3.05) is 23.4 Å². The van der Waals surface area contributed by atoms with E-state index in [0.29, 0.717) is 22.1 Å². The third-order valence-corrected chi connectivity index (χ3v) is 4.78. The summed E-state index contributed by atoms with van der Waals surface area (Å²) in [4.78, 5) is 26.3. The summed E-state index contributed by atoms with van der Waals surface area (Å²) < 4.78 is 5.59. The largest absolute Gasteiger partial charge is 0.482 e. The van der Waals surface area contributed by atoms with Gasteiger partial charge in [0.05, 0.1) is 16.4 Å². The van der Waals surface area contributed by atoms with Crippen LogP contribution in [-0.4, -0.2) is 25.0 Å². The average molecular weight is 387 g/mol. The fourth-order valence-corrected chi connectivity index (χ4v) is 3.18. The van der Waals surface area contributed by atoms with Gasteiger partial charge in [0.2, 0.25) is 5.91 Å². The highest BCUT2D eigenvalue weighted by molar-refractivity contribution is 6.33. The zero-order valence-corrected chi connectivity index (χ0v) is 16.7. The van der Waals surface area contributed by atoms with Crippen molar-refractivity contribution in [3.63, 3.8) is 0 Å². The summed E-state index contributed by atoms with van der Waals surface area (Å²) in [5.41, 5.74) is 3.20. The van der Waals surface area contributed by atoms with Gasteiger partial charge in [-0.2, -0.15) is 0 Å². The van der Waals surface area contributed by atoms with E-state index in [4.69, 9.17) is 16.3 Å². The molecule has 2 amide bonds. The number of nitrogens with zero attached hydrogens (tertiary/aromatic N) is 1. The van der Waals surface area contributed by atoms with Crippen molar-refractivity contribution < 1.29 is 14.3 Å². The molecule has 0 spiro atoms. The second kappa shape index (κ2) is 7.24. The lowest BCUT2D eigenvalue weighted by Gasteiger charge is -2.30. The van der Waals surface area contributed by atoms with Crippen LogP contribution in [0.3, 0.4) is 0 Å². The van der Waals surface area contributed by atoms with Crippen LogP contribution < -0.4 is 15.0 Å². The van der Waals surface area contributed by atoms with Crippen molar-refractivity contribution in [1.82, 2.24) is 0 Å². The molecule has 142 valence electrons. The first kappa shape index (κ1) is 19.2. The molecule has 3 rings (SSSR count). The maximum atomic E-state index is 12.5. The Kier molecular flexibility index (Phi) is 5.16. The molecule has 0 unspecified atom stereocenters. The fourth-order valence-electron chi connectivity index (χ4n) is 2.90. The van der Waals surface area contributed by atoms with E-state index < -0.39 is 0 Å². The predicted molar refractivity (Wildman–Crippen MR) is 108 cm³/mol. The fraction of sp³-hybridized carbons (Fsp3) is 0.333. The maximum Gasteiger partial charge on any atom is 0.265 e. The van der Waals surface area contributed by atoms with Gasteiger partial charge < -0.3 is 10.1 Å². The molecule has 1 N–H and O–H groups in total. The molecule has 0 aromatic heterocycles. The Hall–Kier alpha value is -2.53. The lowest BCUT2D eigenvalue weighted by atomic mass is 9.86. The molecule has 1 aliphatic heterocycles. The van der Waals surface area contributed by atoms with Gasteiger partial charge in [-0.25, -0.2) is 0 Å². The minimum absolute atomic E-state index is 0.0375. The van der Waals surface area contributed by atoms with Crippen LogP contribution in [0.2, 0.25) is 5.02 Å². The van der Waals surface area contributed by atoms with Gasteiger partial charge in [0, 0.05) is 0 Å². The van der Waals surface area contributed by atoms with Crippen LogP contribution in [0, 0.1) is 6.92 Å². The normalized spacial score (nSPS) is 13.8. The van der Waals surface area contributed by atoms with E-state index in [-0.39, 0.29) is 30.4 Å². The topological polar surface area (TPSA) is 58.6 Å². The summed E-state index contributed by atoms with van der Waals surface area (Å²) in [5.74, 6) is 0.0428. The van der Waals surface area contributed by atoms with Gasteiger partial charge in [-0.05, 0) is 47.7 Å². The number of amides is 2. The van der Waals surface area contributed by atoms with Gasteiger partial charge in [-0.3, -0.25) is 14.5 Å². The summed E-state index contributed by atoms with van der Waals surface area (Å²) in [6, 6.07) is 11.1. The molecular weight excluding hydrogens is 364 g/mol. The highest BCUT2D eigenvalue weighted by Crippen LogP contribution is 2.36. The molecule has 0 atom stereocenters. The molecule has 0 fully saturated rings. The monoisotopic (exact) mass is 386 g/mol. The third kappa shape index (κ3) is 4.25. The number of halogens is 1. The van der Waals surface area contributed by atoms with E-state index in [1.807, 2.05) is 31.2 Å². The summed E-state index contributed by atoms with van der Waals surface area (Å²) in [6.45, 7) is 8.07. The number of anilines is 2. The number of benzene rings is 2. The Morgan fingerprint density at radius 1 is 1.22 bits per heavy atom. The third-order valence-electron chi connectivity index (χ3n) is 4.47. The molecule has 0 saturated heterocycles. The summed E-state index contributed by atoms with van der Waals surface area (Å²) in [5, 5.41) is 3.23. The van der Waals surface area contributed by atoms with Crippen LogP contribution in [0.5, 0.6) is 5.75 Å². The molecule has 0 bridgehead atoms. The number of rotatable bonds is 3. The van der Waals surface area contributed by atoms with Crippen LogP contribution >= 0.6 is 11.6 Å². The van der Waals surface area contributed by atoms with Crippen molar-refractivity contribution in [2.45, 2.75) is 33.1 Å². The molecular formula is C21H23ClN2O3. The summed E-state index contributed by atoms with van der Waals surface area (Å²) in [7, 11) is 0. The zero-order valence-electron chi connectivity index (χ0n) is 15.9. The molecule has 0 radical (unpaired) electrons. The molecule has 5 nitrogen and oxygen atoms in total. The second-order valence-electron chi connectivity index (χ2n) is 7.73. The molecule has 2 aromatic carbocycles. The minimum atomic E-state index is -0.318. The minimum Gasteiger partial charge on any atom is -0.482 e. The highest BCUT2D eigenvalue weighted by atomic mass is 35.5. The van der Waals surface area contributed by atoms with Crippen molar-refractivity contribution >= 4 is 34.8 Å². The average Bonchev–Trinajstić information content (AvgIpc) is 2.59. The van der Waals surface area contributed by atoms with Gasteiger partial charge in [0.1, 0.15) is 12.3 Å². The van der Waals surface area contributed by atoms with E-state index >= 15 is 0 Å². The lowest BCUT2D eigenvalue weighted by molar-refractivity contribution is -0.123. The quantitative estimate of drug-likeness (QED) is 0.855. The molecule has 1 aliphatic rings. The highest BCUT2D eigenvalue weighted by Gasteiger charge is 2.29. The number of carbonyl (C=O) groups excluding carboxylic acids is 2. The van der Waals surface area contributed by atoms with E-state index in [9.17, 15) is 9.59 Å². The van der Waals surface area contributed by atoms with E-state index in [0.717, 1.165) is 11.1 Å². The summed E-state index contributed by atoms with van der Waals surface area (Å²) in [6.07, 6.45) is 0. The summed E-state index contributed by atoms with van der Waals surface area (Å²) >= 11 is 6.17. The second-order valence-corrected chi connectivity index (χ2v) is 8.14. The van der Waals surface area contributed by atoms with Gasteiger partial charge >= 0.3 is 0 Å². The number of hydrogen-bond acceptors (Lipinski definition) is 3. The van der Waals surface area contributed by atoms with Crippen molar-refractivity contribution in [3.05, 3.63) is 52.5 Å². The first-order valence-corrected chi connectivity index (χ1v) is 9.16. The number of nitrogens with one attached hydrogen (secondary N) is 1. The molecule has 27 heavy (non-hydrogen) atoms. The Balaban J connectivity index is 1.80. The van der Waals surface area contributed by atoms with E-state index in [1.165, 1.54) is 4.90 Å². The molecule has 0 saturated carbocycles. The first-order valence-electron chi connectivity index (χ1n) is 8.79. The smallest absolute Gasteiger partial charge is 0.265 e. The van der Waals surface area contributed by atoms with Gasteiger partial charge in [0.25, 0.3) is 5.91 Å². The number of ether oxygens (including phenoxy) is 1. The van der Waals surface area contributed by atoms with Crippen molar-refractivity contribution in [2.24, 2.45) is 0 Å². The number of fused-ring (bicyclic) bond motifs is 1. The first-order chi connectivity index (χ1) is 12.6. The van der Waals surface area contributed by atoms with E-state index in [2.05, 4.69) is 26.1 Å². The molecule has 2 aromatic rings. The van der Waals surface area contributed by atoms with Crippen molar-refractivity contribution in [3.8, 4) is 5.75 Å². The van der Waals surface area contributed by atoms with Crippen molar-refractivity contribution in [1.29, 1.82) is 0 Å². The van der Waals surface area contributed by atoms with Gasteiger partial charge in [-0.15, -0.1) is 0 Å².